The van der Waals surface area contributed by atoms with Gasteiger partial charge in [-0.25, -0.2) is 8.42 Å². The Labute approximate surface area is 169 Å². The third-order valence-electron chi connectivity index (χ3n) is 4.19. The van der Waals surface area contributed by atoms with Crippen LogP contribution in [0.1, 0.15) is 28.9 Å². The molecule has 1 amide bonds. The van der Waals surface area contributed by atoms with E-state index in [4.69, 9.17) is 11.6 Å². The van der Waals surface area contributed by atoms with E-state index in [0.717, 1.165) is 5.56 Å². The summed E-state index contributed by atoms with van der Waals surface area (Å²) in [6.45, 7) is 1.87. The van der Waals surface area contributed by atoms with Gasteiger partial charge in [-0.1, -0.05) is 54.1 Å². The first-order valence-electron chi connectivity index (χ1n) is 8.60. The Balaban J connectivity index is 1.83. The van der Waals surface area contributed by atoms with Gasteiger partial charge in [0.2, 0.25) is 0 Å². The number of para-hydroxylation sites is 1. The molecule has 0 aromatic heterocycles. The van der Waals surface area contributed by atoms with Gasteiger partial charge in [0.05, 0.1) is 22.2 Å². The molecule has 0 aliphatic heterocycles. The van der Waals surface area contributed by atoms with Crippen LogP contribution < -0.4 is 10.0 Å². The van der Waals surface area contributed by atoms with Crippen LogP contribution in [0.15, 0.2) is 83.8 Å². The van der Waals surface area contributed by atoms with Crippen LogP contribution in [0.3, 0.4) is 0 Å². The number of carbonyl (C=O) groups excluding carboxylic acids is 1. The first-order valence-corrected chi connectivity index (χ1v) is 10.5. The number of nitrogens with one attached hydrogen (secondary N) is 2. The fraction of sp³-hybridized carbons (Fsp3) is 0.0952. The van der Waals surface area contributed by atoms with Crippen LogP contribution in [0, 0.1) is 0 Å². The minimum absolute atomic E-state index is 0.0600. The van der Waals surface area contributed by atoms with E-state index in [1.165, 1.54) is 24.3 Å². The fourth-order valence-corrected chi connectivity index (χ4v) is 3.89. The molecule has 0 fully saturated rings. The van der Waals surface area contributed by atoms with E-state index in [2.05, 4.69) is 10.0 Å². The zero-order chi connectivity index (χ0) is 20.1. The molecule has 5 nitrogen and oxygen atoms in total. The highest BCUT2D eigenvalue weighted by atomic mass is 35.5. The quantitative estimate of drug-likeness (QED) is 0.617. The van der Waals surface area contributed by atoms with E-state index in [-0.39, 0.29) is 28.1 Å². The van der Waals surface area contributed by atoms with Gasteiger partial charge in [-0.15, -0.1) is 0 Å². The summed E-state index contributed by atoms with van der Waals surface area (Å²) >= 11 is 5.82. The van der Waals surface area contributed by atoms with Gasteiger partial charge in [-0.2, -0.15) is 0 Å². The van der Waals surface area contributed by atoms with Crippen molar-refractivity contribution in [3.63, 3.8) is 0 Å². The summed E-state index contributed by atoms with van der Waals surface area (Å²) in [7, 11) is -3.86. The third-order valence-corrected chi connectivity index (χ3v) is 5.82. The second-order valence-corrected chi connectivity index (χ2v) is 8.33. The van der Waals surface area contributed by atoms with E-state index < -0.39 is 10.0 Å². The normalized spacial score (nSPS) is 12.2. The molecule has 3 rings (SSSR count). The molecule has 3 aromatic carbocycles. The Bertz CT molecular complexity index is 1070. The number of hydrogen-bond acceptors (Lipinski definition) is 3. The Kier molecular flexibility index (Phi) is 6.02. The highest BCUT2D eigenvalue weighted by molar-refractivity contribution is 7.92. The van der Waals surface area contributed by atoms with Gasteiger partial charge in [0.25, 0.3) is 15.9 Å². The third kappa shape index (κ3) is 4.71. The minimum Gasteiger partial charge on any atom is -0.345 e. The molecular formula is C21H19ClN2O3S. The summed E-state index contributed by atoms with van der Waals surface area (Å²) in [5, 5.41) is 3.33. The maximum absolute atomic E-state index is 12.8. The maximum atomic E-state index is 12.8. The Morgan fingerprint density at radius 2 is 1.50 bits per heavy atom. The topological polar surface area (TPSA) is 75.3 Å². The van der Waals surface area contributed by atoms with E-state index >= 15 is 0 Å². The van der Waals surface area contributed by atoms with E-state index in [1.807, 2.05) is 37.3 Å². The van der Waals surface area contributed by atoms with Crippen LogP contribution in [0.2, 0.25) is 5.02 Å². The first kappa shape index (κ1) is 19.9. The van der Waals surface area contributed by atoms with Crippen molar-refractivity contribution in [2.24, 2.45) is 0 Å². The molecule has 0 bridgehead atoms. The molecule has 0 spiro atoms. The summed E-state index contributed by atoms with van der Waals surface area (Å²) in [5.74, 6) is -0.370. The summed E-state index contributed by atoms with van der Waals surface area (Å²) in [5.41, 5.74) is 1.40. The van der Waals surface area contributed by atoms with Crippen molar-refractivity contribution in [3.8, 4) is 0 Å². The van der Waals surface area contributed by atoms with Crippen molar-refractivity contribution in [2.75, 3.05) is 4.72 Å². The van der Waals surface area contributed by atoms with Crippen molar-refractivity contribution < 1.29 is 13.2 Å². The molecule has 0 aliphatic rings. The van der Waals surface area contributed by atoms with Gasteiger partial charge in [0.1, 0.15) is 0 Å². The van der Waals surface area contributed by atoms with Crippen LogP contribution in [0.25, 0.3) is 0 Å². The first-order chi connectivity index (χ1) is 13.4. The number of sulfonamides is 1. The summed E-state index contributed by atoms with van der Waals surface area (Å²) in [6, 6.07) is 21.6. The van der Waals surface area contributed by atoms with Gasteiger partial charge in [-0.05, 0) is 48.9 Å². The van der Waals surface area contributed by atoms with Crippen LogP contribution >= 0.6 is 11.6 Å². The van der Waals surface area contributed by atoms with Crippen molar-refractivity contribution in [2.45, 2.75) is 17.9 Å². The smallest absolute Gasteiger partial charge is 0.261 e. The molecule has 0 unspecified atom stereocenters. The SMILES string of the molecule is C[C@H](NC(=O)c1ccccc1NS(=O)(=O)c1ccc(Cl)cc1)c1ccccc1. The van der Waals surface area contributed by atoms with Crippen LogP contribution in [0.5, 0.6) is 0 Å². The predicted octanol–water partition coefficient (Wildman–Crippen LogP) is 4.63. The number of benzene rings is 3. The number of amides is 1. The lowest BCUT2D eigenvalue weighted by Gasteiger charge is -2.17. The predicted molar refractivity (Wildman–Crippen MR) is 111 cm³/mol. The molecule has 0 saturated heterocycles. The minimum atomic E-state index is -3.86. The number of hydrogen-bond donors (Lipinski definition) is 2. The highest BCUT2D eigenvalue weighted by Gasteiger charge is 2.19. The van der Waals surface area contributed by atoms with E-state index in [1.54, 1.807) is 24.3 Å². The second kappa shape index (κ2) is 8.46. The molecule has 0 heterocycles. The van der Waals surface area contributed by atoms with Gasteiger partial charge >= 0.3 is 0 Å². The Morgan fingerprint density at radius 3 is 2.18 bits per heavy atom. The van der Waals surface area contributed by atoms with Crippen molar-refractivity contribution in [3.05, 3.63) is 95.0 Å². The van der Waals surface area contributed by atoms with Crippen molar-refractivity contribution in [1.29, 1.82) is 0 Å². The zero-order valence-electron chi connectivity index (χ0n) is 15.1. The average molecular weight is 415 g/mol. The lowest BCUT2D eigenvalue weighted by molar-refractivity contribution is 0.0941. The number of carbonyl (C=O) groups is 1. The Morgan fingerprint density at radius 1 is 0.893 bits per heavy atom. The van der Waals surface area contributed by atoms with Crippen LogP contribution in [0.4, 0.5) is 5.69 Å². The molecule has 1 atom stereocenters. The van der Waals surface area contributed by atoms with E-state index in [0.29, 0.717) is 5.02 Å². The molecule has 2 N–H and O–H groups in total. The summed E-state index contributed by atoms with van der Waals surface area (Å²) in [6.07, 6.45) is 0. The van der Waals surface area contributed by atoms with E-state index in [9.17, 15) is 13.2 Å². The van der Waals surface area contributed by atoms with Gasteiger partial charge in [0, 0.05) is 5.02 Å². The molecule has 28 heavy (non-hydrogen) atoms. The number of halogens is 1. The maximum Gasteiger partial charge on any atom is 0.261 e. The van der Waals surface area contributed by atoms with Gasteiger partial charge in [-0.3, -0.25) is 9.52 Å². The number of rotatable bonds is 6. The van der Waals surface area contributed by atoms with Crippen LogP contribution in [-0.2, 0) is 10.0 Å². The highest BCUT2D eigenvalue weighted by Crippen LogP contribution is 2.22. The lowest BCUT2D eigenvalue weighted by Crippen LogP contribution is -2.28. The summed E-state index contributed by atoms with van der Waals surface area (Å²) < 4.78 is 27.8. The van der Waals surface area contributed by atoms with Crippen molar-refractivity contribution in [1.82, 2.24) is 5.32 Å². The van der Waals surface area contributed by atoms with Gasteiger partial charge < -0.3 is 5.32 Å². The lowest BCUT2D eigenvalue weighted by atomic mass is 10.1. The molecule has 0 saturated carbocycles. The van der Waals surface area contributed by atoms with Gasteiger partial charge in [0.15, 0.2) is 0 Å². The molecule has 0 radical (unpaired) electrons. The monoisotopic (exact) mass is 414 g/mol. The van der Waals surface area contributed by atoms with Crippen molar-refractivity contribution >= 4 is 33.2 Å². The number of anilines is 1. The average Bonchev–Trinajstić information content (AvgIpc) is 2.69. The molecular weight excluding hydrogens is 396 g/mol. The largest absolute Gasteiger partial charge is 0.345 e. The molecule has 0 aliphatic carbocycles. The molecule has 3 aromatic rings. The molecule has 144 valence electrons. The Hall–Kier alpha value is -2.83. The van der Waals surface area contributed by atoms with Crippen LogP contribution in [-0.4, -0.2) is 14.3 Å². The fourth-order valence-electron chi connectivity index (χ4n) is 2.69. The second-order valence-electron chi connectivity index (χ2n) is 6.21. The standard InChI is InChI=1S/C21H19ClN2O3S/c1-15(16-7-3-2-4-8-16)23-21(25)19-9-5-6-10-20(19)24-28(26,27)18-13-11-17(22)12-14-18/h2-15,24H,1H3,(H,23,25)/t15-/m0/s1. The summed E-state index contributed by atoms with van der Waals surface area (Å²) in [4.78, 5) is 12.8. The molecule has 7 heteroatoms. The zero-order valence-corrected chi connectivity index (χ0v) is 16.7.